The molecule has 0 aromatic carbocycles. The van der Waals surface area contributed by atoms with Crippen molar-refractivity contribution in [2.45, 2.75) is 55.9 Å². The van der Waals surface area contributed by atoms with Gasteiger partial charge in [0.05, 0.1) is 6.61 Å². The second-order valence-corrected chi connectivity index (χ2v) is 5.09. The minimum Gasteiger partial charge on any atom is -0.480 e. The summed E-state index contributed by atoms with van der Waals surface area (Å²) in [5, 5.41) is 49.9. The normalized spacial score (nSPS) is 34.6. The van der Waals surface area contributed by atoms with Crippen LogP contribution in [0.3, 0.4) is 0 Å². The van der Waals surface area contributed by atoms with Crippen LogP contribution >= 0.6 is 0 Å². The minimum absolute atomic E-state index is 0.279. The van der Waals surface area contributed by atoms with Gasteiger partial charge in [0, 0.05) is 0 Å². The summed E-state index contributed by atoms with van der Waals surface area (Å²) >= 11 is 0. The summed E-state index contributed by atoms with van der Waals surface area (Å²) in [6, 6.07) is -0.988. The summed E-state index contributed by atoms with van der Waals surface area (Å²) in [5.74, 6) is -1.12. The van der Waals surface area contributed by atoms with Crippen molar-refractivity contribution in [3.63, 3.8) is 0 Å². The molecule has 0 aromatic rings. The Balaban J connectivity index is 2.66. The highest BCUT2D eigenvalue weighted by Crippen LogP contribution is 2.20. The van der Waals surface area contributed by atoms with Gasteiger partial charge in [0.15, 0.2) is 0 Å². The zero-order chi connectivity index (χ0) is 16.0. The van der Waals surface area contributed by atoms with Gasteiger partial charge in [-0.15, -0.1) is 0 Å². The lowest BCUT2D eigenvalue weighted by molar-refractivity contribution is -0.238. The molecule has 0 saturated carbocycles. The van der Waals surface area contributed by atoms with Crippen molar-refractivity contribution in [3.05, 3.63) is 0 Å². The van der Waals surface area contributed by atoms with E-state index in [1.54, 1.807) is 0 Å². The third-order valence-electron chi connectivity index (χ3n) is 3.50. The Hall–Kier alpha value is -0.810. The first-order valence-corrected chi connectivity index (χ1v) is 6.91. The van der Waals surface area contributed by atoms with Crippen LogP contribution in [-0.2, 0) is 9.53 Å². The van der Waals surface area contributed by atoms with Crippen molar-refractivity contribution in [1.82, 2.24) is 5.32 Å². The van der Waals surface area contributed by atoms with Crippen molar-refractivity contribution >= 4 is 5.97 Å². The summed E-state index contributed by atoms with van der Waals surface area (Å²) in [6.07, 6.45) is -5.24. The lowest BCUT2D eigenvalue weighted by Gasteiger charge is -2.41. The van der Waals surface area contributed by atoms with Crippen molar-refractivity contribution in [2.24, 2.45) is 5.73 Å². The molecule has 1 heterocycles. The van der Waals surface area contributed by atoms with E-state index in [9.17, 15) is 20.1 Å². The first-order chi connectivity index (χ1) is 9.92. The number of aliphatic hydroxyl groups is 4. The summed E-state index contributed by atoms with van der Waals surface area (Å²) in [6.45, 7) is -0.111. The van der Waals surface area contributed by atoms with Crippen molar-refractivity contribution in [3.8, 4) is 0 Å². The van der Waals surface area contributed by atoms with Gasteiger partial charge in [-0.25, -0.2) is 0 Å². The van der Waals surface area contributed by atoms with E-state index in [2.05, 4.69) is 5.32 Å². The van der Waals surface area contributed by atoms with Gasteiger partial charge < -0.3 is 36.0 Å². The van der Waals surface area contributed by atoms with Crippen LogP contribution in [0.1, 0.15) is 19.3 Å². The number of nitrogens with two attached hydrogens (primary N) is 1. The number of hydrogen-bond donors (Lipinski definition) is 7. The molecule has 0 bridgehead atoms. The van der Waals surface area contributed by atoms with Crippen molar-refractivity contribution in [1.29, 1.82) is 0 Å². The molecule has 0 unspecified atom stereocenters. The van der Waals surface area contributed by atoms with Gasteiger partial charge in [-0.3, -0.25) is 10.1 Å². The molecule has 0 aromatic heterocycles. The van der Waals surface area contributed by atoms with Crippen LogP contribution in [0.5, 0.6) is 0 Å². The number of carboxylic acid groups (broad SMARTS) is 1. The maximum absolute atomic E-state index is 11.2. The van der Waals surface area contributed by atoms with Crippen LogP contribution in [0.25, 0.3) is 0 Å². The predicted octanol–water partition coefficient (Wildman–Crippen LogP) is -3.04. The number of carbonyl (C=O) groups is 1. The fraction of sp³-hybridized carbons (Fsp3) is 0.917. The second-order valence-electron chi connectivity index (χ2n) is 5.09. The van der Waals surface area contributed by atoms with Crippen LogP contribution in [0, 0.1) is 0 Å². The number of unbranched alkanes of at least 4 members (excludes halogenated alkanes) is 1. The molecule has 0 aliphatic carbocycles. The average Bonchev–Trinajstić information content (AvgIpc) is 2.46. The molecule has 1 aliphatic rings. The minimum atomic E-state index is -1.54. The smallest absolute Gasteiger partial charge is 0.320 e. The number of ether oxygens (including phenoxy) is 1. The van der Waals surface area contributed by atoms with Crippen LogP contribution in [-0.4, -0.2) is 81.3 Å². The highest BCUT2D eigenvalue weighted by atomic mass is 16.6. The molecule has 1 saturated heterocycles. The molecule has 9 nitrogen and oxygen atoms in total. The quantitative estimate of drug-likeness (QED) is 0.231. The molecule has 1 aliphatic heterocycles. The number of carboxylic acids is 1. The van der Waals surface area contributed by atoms with E-state index in [1.165, 1.54) is 0 Å². The molecule has 124 valence electrons. The largest absolute Gasteiger partial charge is 0.480 e. The summed E-state index contributed by atoms with van der Waals surface area (Å²) in [7, 11) is 0. The molecule has 0 spiro atoms. The Morgan fingerprint density at radius 1 is 1.19 bits per heavy atom. The van der Waals surface area contributed by atoms with Gasteiger partial charge in [0.1, 0.15) is 36.7 Å². The standard InChI is InChI=1S/C12H24N2O7/c13-4-2-1-3-6(12(19)20)14-11-10(18)9(17)8(16)7(5-15)21-11/h6-11,14-18H,1-5,13H2,(H,19,20)/t6-,7+,8+,9-,10+,11+/m0/s1. The molecule has 6 atom stereocenters. The second kappa shape index (κ2) is 8.59. The lowest BCUT2D eigenvalue weighted by atomic mass is 9.97. The molecular weight excluding hydrogens is 284 g/mol. The highest BCUT2D eigenvalue weighted by molar-refractivity contribution is 5.73. The number of nitrogens with one attached hydrogen (secondary N) is 1. The fourth-order valence-electron chi connectivity index (χ4n) is 2.21. The SMILES string of the molecule is NCCCC[C@H](N[C@@H]1O[C@H](CO)[C@@H](O)[C@H](O)[C@H]1O)C(=O)O. The molecule has 8 N–H and O–H groups in total. The molecule has 0 radical (unpaired) electrons. The van der Waals surface area contributed by atoms with Crippen LogP contribution < -0.4 is 11.1 Å². The van der Waals surface area contributed by atoms with Crippen molar-refractivity contribution < 1.29 is 35.1 Å². The van der Waals surface area contributed by atoms with Gasteiger partial charge in [0.2, 0.25) is 0 Å². The predicted molar refractivity (Wildman–Crippen MR) is 71.2 cm³/mol. The molecule has 1 fully saturated rings. The van der Waals surface area contributed by atoms with Gasteiger partial charge in [-0.2, -0.15) is 0 Å². The molecule has 1 rings (SSSR count). The molecule has 21 heavy (non-hydrogen) atoms. The van der Waals surface area contributed by atoms with Gasteiger partial charge in [-0.05, 0) is 19.4 Å². The monoisotopic (exact) mass is 308 g/mol. The van der Waals surface area contributed by atoms with E-state index in [4.69, 9.17) is 20.7 Å². The molecular formula is C12H24N2O7. The van der Waals surface area contributed by atoms with E-state index < -0.39 is 49.3 Å². The zero-order valence-electron chi connectivity index (χ0n) is 11.6. The van der Waals surface area contributed by atoms with Crippen LogP contribution in [0.15, 0.2) is 0 Å². The molecule has 9 heteroatoms. The Kier molecular flexibility index (Phi) is 7.46. The van der Waals surface area contributed by atoms with Crippen molar-refractivity contribution in [2.75, 3.05) is 13.2 Å². The van der Waals surface area contributed by atoms with Crippen LogP contribution in [0.2, 0.25) is 0 Å². The van der Waals surface area contributed by atoms with Gasteiger partial charge in [0.25, 0.3) is 0 Å². The summed E-state index contributed by atoms with van der Waals surface area (Å²) in [5.41, 5.74) is 5.35. The van der Waals surface area contributed by atoms with E-state index in [1.807, 2.05) is 0 Å². The topological polar surface area (TPSA) is 166 Å². The van der Waals surface area contributed by atoms with E-state index in [-0.39, 0.29) is 6.42 Å². The summed E-state index contributed by atoms with van der Waals surface area (Å²) in [4.78, 5) is 11.2. The van der Waals surface area contributed by atoms with Crippen LogP contribution in [0.4, 0.5) is 0 Å². The fourth-order valence-corrected chi connectivity index (χ4v) is 2.21. The van der Waals surface area contributed by atoms with E-state index in [0.717, 1.165) is 0 Å². The lowest BCUT2D eigenvalue weighted by Crippen LogP contribution is -2.64. The third-order valence-corrected chi connectivity index (χ3v) is 3.50. The third kappa shape index (κ3) is 4.85. The van der Waals surface area contributed by atoms with E-state index in [0.29, 0.717) is 19.4 Å². The first-order valence-electron chi connectivity index (χ1n) is 6.91. The number of hydrogen-bond acceptors (Lipinski definition) is 8. The summed E-state index contributed by atoms with van der Waals surface area (Å²) < 4.78 is 5.21. The van der Waals surface area contributed by atoms with Gasteiger partial charge >= 0.3 is 5.97 Å². The number of aliphatic carboxylic acids is 1. The maximum Gasteiger partial charge on any atom is 0.320 e. The molecule has 0 amide bonds. The maximum atomic E-state index is 11.2. The van der Waals surface area contributed by atoms with Gasteiger partial charge in [-0.1, -0.05) is 6.42 Å². The van der Waals surface area contributed by atoms with E-state index >= 15 is 0 Å². The Morgan fingerprint density at radius 3 is 2.38 bits per heavy atom. The first kappa shape index (κ1) is 18.2. The Labute approximate surface area is 122 Å². The number of rotatable bonds is 8. The average molecular weight is 308 g/mol. The number of aliphatic hydroxyl groups excluding tert-OH is 4. The Bertz CT molecular complexity index is 329. The Morgan fingerprint density at radius 2 is 1.86 bits per heavy atom. The zero-order valence-corrected chi connectivity index (χ0v) is 11.6. The highest BCUT2D eigenvalue weighted by Gasteiger charge is 2.44.